The second kappa shape index (κ2) is 8.94. The number of piperazine rings is 1. The Morgan fingerprint density at radius 1 is 1.12 bits per heavy atom. The first kappa shape index (κ1) is 10.9. The molecule has 0 aromatic heterocycles. The number of anilines is 1. The normalized spacial score (nSPS) is 27.4. The van der Waals surface area contributed by atoms with Crippen molar-refractivity contribution in [3.8, 4) is 11.5 Å². The van der Waals surface area contributed by atoms with E-state index in [2.05, 4.69) is 5.32 Å². The van der Waals surface area contributed by atoms with Crippen LogP contribution in [0.4, 0.5) is 10.5 Å². The van der Waals surface area contributed by atoms with Gasteiger partial charge in [0.15, 0.2) is 5.75 Å². The van der Waals surface area contributed by atoms with E-state index in [4.69, 9.17) is 27.3 Å². The first-order chi connectivity index (χ1) is 14.6. The van der Waals surface area contributed by atoms with E-state index in [1.807, 2.05) is 0 Å². The molecule has 1 aliphatic heterocycles. The van der Waals surface area contributed by atoms with Gasteiger partial charge in [0.1, 0.15) is 5.75 Å². The lowest BCUT2D eigenvalue weighted by molar-refractivity contribution is 0.164. The molecule has 0 saturated carbocycles. The summed E-state index contributed by atoms with van der Waals surface area (Å²) in [6.45, 7) is -12.5. The molecule has 1 N–H and O–H groups in total. The van der Waals surface area contributed by atoms with Crippen molar-refractivity contribution in [3.05, 3.63) is 53.6 Å². The number of ether oxygens (including phenoxy) is 1. The molecule has 1 saturated heterocycles. The van der Waals surface area contributed by atoms with Crippen LogP contribution in [0.1, 0.15) is 11.0 Å². The quantitative estimate of drug-likeness (QED) is 0.848. The molecule has 0 radical (unpaired) electrons. The molecule has 2 aromatic carbocycles. The summed E-state index contributed by atoms with van der Waals surface area (Å²) >= 11 is 5.86. The molecule has 7 heteroatoms. The van der Waals surface area contributed by atoms with Crippen LogP contribution in [0.3, 0.4) is 0 Å². The molecule has 0 bridgehead atoms. The van der Waals surface area contributed by atoms with Gasteiger partial charge < -0.3 is 19.9 Å². The van der Waals surface area contributed by atoms with Gasteiger partial charge in [0, 0.05) is 36.5 Å². The molecule has 5 nitrogen and oxygen atoms in total. The lowest BCUT2D eigenvalue weighted by Gasteiger charge is -2.32. The number of hydrogen-bond acceptors (Lipinski definition) is 3. The number of urea groups is 1. The van der Waals surface area contributed by atoms with Crippen molar-refractivity contribution in [2.45, 2.75) is 0 Å². The highest BCUT2D eigenvalue weighted by atomic mass is 35.5. The van der Waals surface area contributed by atoms with Crippen LogP contribution in [0.5, 0.6) is 11.5 Å². The largest absolute Gasteiger partial charge is 0.455 e. The highest BCUT2D eigenvalue weighted by molar-refractivity contribution is 6.30. The summed E-state index contributed by atoms with van der Waals surface area (Å²) in [5.74, 6) is 0.526. The maximum Gasteiger partial charge on any atom is 0.322 e. The molecule has 134 valence electrons. The third-order valence-electron chi connectivity index (χ3n) is 3.03. The van der Waals surface area contributed by atoms with Gasteiger partial charge in [-0.25, -0.2) is 4.79 Å². The Morgan fingerprint density at radius 3 is 2.44 bits per heavy atom. The van der Waals surface area contributed by atoms with Crippen LogP contribution in [0, 0.1) is 0 Å². The number of carbonyl (C=O) groups excluding carboxylic acids is 1. The maximum atomic E-state index is 13.0. The number of hydrogen-bond donors (Lipinski definition) is 1. The lowest BCUT2D eigenvalue weighted by Crippen LogP contribution is -2.48. The van der Waals surface area contributed by atoms with E-state index in [0.29, 0.717) is 15.7 Å². The van der Waals surface area contributed by atoms with Crippen LogP contribution in [0.25, 0.3) is 0 Å². The van der Waals surface area contributed by atoms with Crippen molar-refractivity contribution in [3.63, 3.8) is 0 Å². The molecule has 0 unspecified atom stereocenters. The van der Waals surface area contributed by atoms with Gasteiger partial charge in [0.25, 0.3) is 0 Å². The van der Waals surface area contributed by atoms with Gasteiger partial charge in [0.05, 0.1) is 11.2 Å². The molecule has 0 aliphatic carbocycles. The molecule has 0 atom stereocenters. The Hall–Kier alpha value is -1.95. The van der Waals surface area contributed by atoms with Gasteiger partial charge in [-0.1, -0.05) is 23.7 Å². The number of rotatable bonds is 3. The molecule has 2 amide bonds. The van der Waals surface area contributed by atoms with Crippen molar-refractivity contribution in [1.29, 1.82) is 0 Å². The number of likely N-dealkylation sites (N-methyl/N-ethyl adjacent to an activating group) is 1. The number of nitrogens with one attached hydrogen (secondary N) is 1. The number of benzene rings is 2. The number of para-hydroxylation sites is 2. The van der Waals surface area contributed by atoms with Gasteiger partial charge in [-0.3, -0.25) is 0 Å². The molecule has 1 fully saturated rings. The minimum absolute atomic E-state index is 0. The van der Waals surface area contributed by atoms with Crippen LogP contribution in [0.2, 0.25) is 5.02 Å². The van der Waals surface area contributed by atoms with E-state index in [1.54, 1.807) is 36.4 Å². The average molecular weight is 390 g/mol. The summed E-state index contributed by atoms with van der Waals surface area (Å²) in [5.41, 5.74) is 0.0408. The smallest absolute Gasteiger partial charge is 0.322 e. The van der Waals surface area contributed by atoms with E-state index < -0.39 is 32.0 Å². The fourth-order valence-corrected chi connectivity index (χ4v) is 1.99. The number of carbonyl (C=O) groups is 1. The molecule has 1 aliphatic rings. The second-order valence-corrected chi connectivity index (χ2v) is 5.26. The highest BCUT2D eigenvalue weighted by Gasteiger charge is 2.20. The monoisotopic (exact) mass is 389 g/mol. The van der Waals surface area contributed by atoms with Crippen molar-refractivity contribution >= 4 is 35.7 Å². The standard InChI is InChI=1S/C18H20ClN3O2.ClH/c1-21-10-12-22(13-11-21)18(23)20-16-4-2-3-5-17(16)24-15-8-6-14(19)7-9-15;/h2-9H,10-13H2,1H3,(H,20,23);1H/i10D2,11D2,12D2,13D2;. The first-order valence-corrected chi connectivity index (χ1v) is 7.39. The summed E-state index contributed by atoms with van der Waals surface area (Å²) in [7, 11) is 0.917. The topological polar surface area (TPSA) is 44.8 Å². The van der Waals surface area contributed by atoms with Crippen LogP contribution in [-0.4, -0.2) is 48.9 Å². The Labute approximate surface area is 170 Å². The minimum Gasteiger partial charge on any atom is -0.455 e. The highest BCUT2D eigenvalue weighted by Crippen LogP contribution is 2.30. The SMILES string of the molecule is Cl.[2H]C1([2H])N(C)C([2H])([2H])C([2H])([2H])N(C(=O)Nc2ccccc2Oc2ccc(Cl)cc2)C1([2H])[2H]. The fourth-order valence-electron chi connectivity index (χ4n) is 1.87. The summed E-state index contributed by atoms with van der Waals surface area (Å²) in [5, 5.41) is 2.81. The van der Waals surface area contributed by atoms with Gasteiger partial charge >= 0.3 is 6.03 Å². The van der Waals surface area contributed by atoms with Crippen LogP contribution < -0.4 is 10.1 Å². The Kier molecular flexibility index (Phi) is 3.90. The molecule has 0 spiro atoms. The van der Waals surface area contributed by atoms with Gasteiger partial charge in [-0.2, -0.15) is 0 Å². The Bertz CT molecular complexity index is 996. The molecule has 1 heterocycles. The van der Waals surface area contributed by atoms with Crippen molar-refractivity contribution < 1.29 is 20.5 Å². The Balaban J connectivity index is 0.00000385. The van der Waals surface area contributed by atoms with Crippen molar-refractivity contribution in [2.75, 3.05) is 38.4 Å². The maximum absolute atomic E-state index is 13.0. The van der Waals surface area contributed by atoms with E-state index in [-0.39, 0.29) is 28.7 Å². The van der Waals surface area contributed by atoms with E-state index >= 15 is 0 Å². The van der Waals surface area contributed by atoms with Crippen LogP contribution in [-0.2, 0) is 0 Å². The van der Waals surface area contributed by atoms with Gasteiger partial charge in [-0.15, -0.1) is 12.4 Å². The second-order valence-electron chi connectivity index (χ2n) is 4.82. The molecule has 25 heavy (non-hydrogen) atoms. The zero-order chi connectivity index (χ0) is 24.1. The molecular formula is C18H21Cl2N3O2. The lowest BCUT2D eigenvalue weighted by atomic mass is 10.3. The molecule has 2 aromatic rings. The van der Waals surface area contributed by atoms with E-state index in [0.717, 1.165) is 7.05 Å². The summed E-state index contributed by atoms with van der Waals surface area (Å²) in [4.78, 5) is 13.3. The van der Waals surface area contributed by atoms with Gasteiger partial charge in [-0.05, 0) is 43.4 Å². The molecular weight excluding hydrogens is 361 g/mol. The van der Waals surface area contributed by atoms with E-state index in [9.17, 15) is 4.79 Å². The minimum atomic E-state index is -3.23. The van der Waals surface area contributed by atoms with Crippen LogP contribution >= 0.6 is 24.0 Å². The fraction of sp³-hybridized carbons (Fsp3) is 0.278. The third-order valence-corrected chi connectivity index (χ3v) is 3.28. The number of nitrogens with zero attached hydrogens (tertiary/aromatic N) is 2. The first-order valence-electron chi connectivity index (χ1n) is 11.0. The van der Waals surface area contributed by atoms with Crippen LogP contribution in [0.15, 0.2) is 48.5 Å². The predicted molar refractivity (Wildman–Crippen MR) is 103 cm³/mol. The zero-order valence-electron chi connectivity index (χ0n) is 21.1. The number of halogens is 2. The van der Waals surface area contributed by atoms with Crippen molar-refractivity contribution in [1.82, 2.24) is 9.80 Å². The Morgan fingerprint density at radius 2 is 1.76 bits per heavy atom. The third kappa shape index (κ3) is 5.26. The average Bonchev–Trinajstić information content (AvgIpc) is 2.69. The summed E-state index contributed by atoms with van der Waals surface area (Å²) in [6.07, 6.45) is 0. The summed E-state index contributed by atoms with van der Waals surface area (Å²) < 4.78 is 70.5. The van der Waals surface area contributed by atoms with Gasteiger partial charge in [0.2, 0.25) is 0 Å². The summed E-state index contributed by atoms with van der Waals surface area (Å²) in [6, 6.07) is 11.1. The predicted octanol–water partition coefficient (Wildman–Crippen LogP) is 4.33. The number of amides is 2. The molecule has 3 rings (SSSR count). The van der Waals surface area contributed by atoms with Crippen molar-refractivity contribution in [2.24, 2.45) is 0 Å². The zero-order valence-corrected chi connectivity index (χ0v) is 14.7. The van der Waals surface area contributed by atoms with E-state index in [1.165, 1.54) is 12.1 Å².